The van der Waals surface area contributed by atoms with Gasteiger partial charge in [-0.1, -0.05) is 12.1 Å². The van der Waals surface area contributed by atoms with Gasteiger partial charge in [0.1, 0.15) is 4.83 Å². The fourth-order valence-corrected chi connectivity index (χ4v) is 3.94. The van der Waals surface area contributed by atoms with E-state index in [2.05, 4.69) is 15.6 Å². The molecule has 0 unspecified atom stereocenters. The number of anilines is 2. The third-order valence-corrected chi connectivity index (χ3v) is 5.71. The lowest BCUT2D eigenvalue weighted by Gasteiger charge is -2.11. The molecule has 2 aromatic heterocycles. The Bertz CT molecular complexity index is 1430. The van der Waals surface area contributed by atoms with E-state index in [4.69, 9.17) is 0 Å². The lowest BCUT2D eigenvalue weighted by molar-refractivity contribution is -0.137. The molecule has 2 aromatic carbocycles. The van der Waals surface area contributed by atoms with Crippen LogP contribution in [-0.4, -0.2) is 21.4 Å². The van der Waals surface area contributed by atoms with Gasteiger partial charge in [-0.25, -0.2) is 4.98 Å². The summed E-state index contributed by atoms with van der Waals surface area (Å²) < 4.78 is 40.0. The van der Waals surface area contributed by atoms with Crippen LogP contribution in [0.15, 0.2) is 71.1 Å². The number of fused-ring (bicyclic) bond motifs is 1. The molecule has 2 amide bonds. The second-order valence-electron chi connectivity index (χ2n) is 7.29. The number of thiophene rings is 1. The molecule has 0 atom stereocenters. The highest BCUT2D eigenvalue weighted by atomic mass is 32.1. The highest BCUT2D eigenvalue weighted by molar-refractivity contribution is 7.16. The predicted molar refractivity (Wildman–Crippen MR) is 123 cm³/mol. The van der Waals surface area contributed by atoms with Gasteiger partial charge in [0.05, 0.1) is 17.3 Å². The van der Waals surface area contributed by atoms with Crippen LogP contribution in [0.1, 0.15) is 22.3 Å². The number of rotatable bonds is 6. The van der Waals surface area contributed by atoms with Crippen LogP contribution >= 0.6 is 11.3 Å². The van der Waals surface area contributed by atoms with Crippen molar-refractivity contribution >= 4 is 44.7 Å². The molecule has 0 saturated heterocycles. The first-order valence-electron chi connectivity index (χ1n) is 10.0. The maximum atomic E-state index is 12.9. The molecule has 11 heteroatoms. The third kappa shape index (κ3) is 5.31. The lowest BCUT2D eigenvalue weighted by atomic mass is 10.1. The van der Waals surface area contributed by atoms with Crippen molar-refractivity contribution in [2.75, 3.05) is 10.6 Å². The van der Waals surface area contributed by atoms with E-state index in [0.717, 1.165) is 12.1 Å². The van der Waals surface area contributed by atoms with Gasteiger partial charge in [0.25, 0.3) is 11.5 Å². The molecule has 2 N–H and O–H groups in total. The summed E-state index contributed by atoms with van der Waals surface area (Å²) in [5, 5.41) is 7.33. The zero-order valence-electron chi connectivity index (χ0n) is 17.4. The Morgan fingerprint density at radius 2 is 1.74 bits per heavy atom. The zero-order valence-corrected chi connectivity index (χ0v) is 18.2. The van der Waals surface area contributed by atoms with Crippen molar-refractivity contribution in [1.82, 2.24) is 9.55 Å². The number of amides is 2. The summed E-state index contributed by atoms with van der Waals surface area (Å²) in [6, 6.07) is 12.0. The van der Waals surface area contributed by atoms with Crippen molar-refractivity contribution in [1.29, 1.82) is 0 Å². The first kappa shape index (κ1) is 23.2. The minimum Gasteiger partial charge on any atom is -0.326 e. The van der Waals surface area contributed by atoms with Gasteiger partial charge in [0, 0.05) is 29.9 Å². The molecule has 4 rings (SSSR count). The van der Waals surface area contributed by atoms with Gasteiger partial charge in [-0.15, -0.1) is 11.3 Å². The number of nitrogens with zero attached hydrogens (tertiary/aromatic N) is 2. The van der Waals surface area contributed by atoms with E-state index in [1.54, 1.807) is 17.5 Å². The summed E-state index contributed by atoms with van der Waals surface area (Å²) >= 11 is 1.36. The summed E-state index contributed by atoms with van der Waals surface area (Å²) in [7, 11) is 0. The van der Waals surface area contributed by atoms with Gasteiger partial charge in [0.15, 0.2) is 0 Å². The first-order chi connectivity index (χ1) is 16.2. The monoisotopic (exact) mass is 486 g/mol. The van der Waals surface area contributed by atoms with Crippen molar-refractivity contribution in [3.63, 3.8) is 0 Å². The van der Waals surface area contributed by atoms with Crippen LogP contribution in [-0.2, 0) is 17.5 Å². The number of aromatic nitrogens is 2. The van der Waals surface area contributed by atoms with E-state index in [1.807, 2.05) is 0 Å². The molecule has 0 spiro atoms. The van der Waals surface area contributed by atoms with Crippen molar-refractivity contribution in [3.05, 3.63) is 87.8 Å². The number of halogens is 3. The topological polar surface area (TPSA) is 93.1 Å². The van der Waals surface area contributed by atoms with Gasteiger partial charge < -0.3 is 10.6 Å². The average Bonchev–Trinajstić information content (AvgIpc) is 3.28. The highest BCUT2D eigenvalue weighted by Crippen LogP contribution is 2.30. The van der Waals surface area contributed by atoms with Gasteiger partial charge in [0.2, 0.25) is 5.91 Å². The van der Waals surface area contributed by atoms with Crippen molar-refractivity contribution in [3.8, 4) is 0 Å². The van der Waals surface area contributed by atoms with E-state index in [9.17, 15) is 27.6 Å². The maximum Gasteiger partial charge on any atom is 0.416 e. The molecule has 0 bridgehead atoms. The lowest BCUT2D eigenvalue weighted by Crippen LogP contribution is -2.23. The Kier molecular flexibility index (Phi) is 6.46. The van der Waals surface area contributed by atoms with Crippen molar-refractivity contribution in [2.24, 2.45) is 0 Å². The zero-order chi connectivity index (χ0) is 24.3. The Morgan fingerprint density at radius 3 is 2.50 bits per heavy atom. The molecule has 174 valence electrons. The van der Waals surface area contributed by atoms with Crippen LogP contribution in [0.3, 0.4) is 0 Å². The summed E-state index contributed by atoms with van der Waals surface area (Å²) in [6.07, 6.45) is -3.13. The number of carbonyl (C=O) groups excluding carboxylic acids is 2. The molecular formula is C23H17F3N4O3S. The number of nitrogens with one attached hydrogen (secondary N) is 2. The number of benzene rings is 2. The first-order valence-corrected chi connectivity index (χ1v) is 10.9. The average molecular weight is 486 g/mol. The van der Waals surface area contributed by atoms with E-state index in [0.29, 0.717) is 15.9 Å². The normalized spacial score (nSPS) is 11.4. The smallest absolute Gasteiger partial charge is 0.326 e. The number of hydrogen-bond acceptors (Lipinski definition) is 5. The largest absolute Gasteiger partial charge is 0.416 e. The van der Waals surface area contributed by atoms with Crippen LogP contribution in [0.5, 0.6) is 0 Å². The number of hydrogen-bond donors (Lipinski definition) is 2. The second-order valence-corrected chi connectivity index (χ2v) is 8.19. The Labute approximate surface area is 194 Å². The number of carbonyl (C=O) groups is 2. The van der Waals surface area contributed by atoms with Crippen LogP contribution in [0.25, 0.3) is 10.2 Å². The second kappa shape index (κ2) is 9.48. The Morgan fingerprint density at radius 1 is 1.00 bits per heavy atom. The predicted octanol–water partition coefficient (Wildman–Crippen LogP) is 4.76. The van der Waals surface area contributed by atoms with Gasteiger partial charge in [-0.3, -0.25) is 19.0 Å². The summed E-state index contributed by atoms with van der Waals surface area (Å²) in [6.45, 7) is 0.124. The molecule has 2 heterocycles. The Hall–Kier alpha value is -3.99. The van der Waals surface area contributed by atoms with E-state index in [-0.39, 0.29) is 35.7 Å². The Balaban J connectivity index is 1.39. The van der Waals surface area contributed by atoms with Crippen molar-refractivity contribution < 1.29 is 22.8 Å². The number of aryl methyl sites for hydroxylation is 1. The van der Waals surface area contributed by atoms with Gasteiger partial charge in [-0.05, 0) is 47.8 Å². The maximum absolute atomic E-state index is 12.9. The highest BCUT2D eigenvalue weighted by Gasteiger charge is 2.30. The van der Waals surface area contributed by atoms with Gasteiger partial charge >= 0.3 is 6.18 Å². The quantitative estimate of drug-likeness (QED) is 0.411. The summed E-state index contributed by atoms with van der Waals surface area (Å²) in [5.74, 6) is -1.01. The molecule has 34 heavy (non-hydrogen) atoms. The fourth-order valence-electron chi connectivity index (χ4n) is 3.21. The minimum atomic E-state index is -4.53. The fraction of sp³-hybridized carbons (Fsp3) is 0.130. The molecule has 0 aliphatic heterocycles. The molecule has 0 fully saturated rings. The molecule has 4 aromatic rings. The summed E-state index contributed by atoms with van der Waals surface area (Å²) in [4.78, 5) is 42.1. The molecular weight excluding hydrogens is 469 g/mol. The van der Waals surface area contributed by atoms with E-state index in [1.165, 1.54) is 52.6 Å². The molecule has 0 aliphatic carbocycles. The summed E-state index contributed by atoms with van der Waals surface area (Å²) in [5.41, 5.74) is -0.624. The van der Waals surface area contributed by atoms with Crippen LogP contribution in [0.4, 0.5) is 24.5 Å². The van der Waals surface area contributed by atoms with E-state index < -0.39 is 17.6 Å². The van der Waals surface area contributed by atoms with Crippen LogP contribution in [0, 0.1) is 0 Å². The minimum absolute atomic E-state index is 0.00209. The van der Waals surface area contributed by atoms with Gasteiger partial charge in [-0.2, -0.15) is 13.2 Å². The van der Waals surface area contributed by atoms with Crippen LogP contribution in [0.2, 0.25) is 0 Å². The third-order valence-electron chi connectivity index (χ3n) is 4.89. The molecule has 0 aliphatic rings. The standard InChI is InChI=1S/C23H17F3N4O3S/c24-23(25,26)15-4-2-6-17(12-15)29-20(32)14-3-1-5-16(11-14)28-19(31)7-9-30-13-27-21-18(22(30)33)8-10-34-21/h1-6,8,10-13H,7,9H2,(H,28,31)(H,29,32). The molecule has 7 nitrogen and oxygen atoms in total. The molecule has 0 radical (unpaired) electrons. The van der Waals surface area contributed by atoms with Crippen LogP contribution < -0.4 is 16.2 Å². The van der Waals surface area contributed by atoms with Crippen molar-refractivity contribution in [2.45, 2.75) is 19.1 Å². The van der Waals surface area contributed by atoms with E-state index >= 15 is 0 Å². The number of alkyl halides is 3. The SMILES string of the molecule is O=C(CCn1cnc2sccc2c1=O)Nc1cccc(C(=O)Nc2cccc(C(F)(F)F)c2)c1. The molecule has 0 saturated carbocycles.